The molecule has 1 aliphatic rings. The molecule has 0 spiro atoms. The van der Waals surface area contributed by atoms with E-state index in [-0.39, 0.29) is 0 Å². The first-order valence-corrected chi connectivity index (χ1v) is 5.37. The summed E-state index contributed by atoms with van der Waals surface area (Å²) in [5.41, 5.74) is 1.48. The van der Waals surface area contributed by atoms with E-state index in [2.05, 4.69) is 38.9 Å². The Labute approximate surface area is 82.8 Å². The first-order chi connectivity index (χ1) is 6.08. The lowest BCUT2D eigenvalue weighted by Gasteiger charge is -2.15. The fraction of sp³-hybridized carbons (Fsp3) is 0.833. The van der Waals surface area contributed by atoms with E-state index in [1.165, 1.54) is 31.4 Å². The predicted octanol–water partition coefficient (Wildman–Crippen LogP) is 2.93. The summed E-state index contributed by atoms with van der Waals surface area (Å²) in [6.45, 7) is 5.69. The predicted molar refractivity (Wildman–Crippen MR) is 58.8 cm³/mol. The van der Waals surface area contributed by atoms with Crippen LogP contribution >= 0.6 is 0 Å². The fourth-order valence-electron chi connectivity index (χ4n) is 2.42. The van der Waals surface area contributed by atoms with Gasteiger partial charge in [0.25, 0.3) is 0 Å². The maximum absolute atomic E-state index is 2.45. The van der Waals surface area contributed by atoms with E-state index in [4.69, 9.17) is 0 Å². The summed E-state index contributed by atoms with van der Waals surface area (Å²) in [4.78, 5) is 2.32. The largest absolute Gasteiger partial charge is 0.309 e. The highest BCUT2D eigenvalue weighted by atomic mass is 15.1. The molecular weight excluding hydrogens is 158 g/mol. The van der Waals surface area contributed by atoms with Crippen LogP contribution in [0.15, 0.2) is 11.6 Å². The summed E-state index contributed by atoms with van der Waals surface area (Å²) in [5, 5.41) is 0. The Morgan fingerprint density at radius 1 is 1.31 bits per heavy atom. The van der Waals surface area contributed by atoms with Crippen molar-refractivity contribution in [3.8, 4) is 0 Å². The van der Waals surface area contributed by atoms with Crippen LogP contribution in [-0.2, 0) is 0 Å². The van der Waals surface area contributed by atoms with Crippen LogP contribution < -0.4 is 0 Å². The maximum Gasteiger partial charge on any atom is 0.000377 e. The third kappa shape index (κ3) is 3.95. The zero-order valence-electron chi connectivity index (χ0n) is 9.51. The van der Waals surface area contributed by atoms with Gasteiger partial charge >= 0.3 is 0 Å². The SMILES string of the molecule is CC(C)=CC1CCC(CN(C)C)C1. The number of allylic oxidation sites excluding steroid dienone is 2. The van der Waals surface area contributed by atoms with Crippen molar-refractivity contribution in [1.82, 2.24) is 4.90 Å². The van der Waals surface area contributed by atoms with Crippen molar-refractivity contribution in [3.05, 3.63) is 11.6 Å². The summed E-state index contributed by atoms with van der Waals surface area (Å²) in [6.07, 6.45) is 6.69. The Morgan fingerprint density at radius 2 is 2.00 bits per heavy atom. The van der Waals surface area contributed by atoms with Crippen LogP contribution in [0.3, 0.4) is 0 Å². The van der Waals surface area contributed by atoms with Gasteiger partial charge in [-0.2, -0.15) is 0 Å². The zero-order valence-corrected chi connectivity index (χ0v) is 9.51. The molecule has 1 saturated carbocycles. The van der Waals surface area contributed by atoms with E-state index in [1.807, 2.05) is 0 Å². The molecule has 0 radical (unpaired) electrons. The van der Waals surface area contributed by atoms with Gasteiger partial charge in [-0.1, -0.05) is 11.6 Å². The van der Waals surface area contributed by atoms with Crippen molar-refractivity contribution in [3.63, 3.8) is 0 Å². The van der Waals surface area contributed by atoms with Gasteiger partial charge in [0, 0.05) is 6.54 Å². The highest BCUT2D eigenvalue weighted by molar-refractivity contribution is 5.00. The smallest absolute Gasteiger partial charge is 0.000377 e. The van der Waals surface area contributed by atoms with Gasteiger partial charge in [-0.15, -0.1) is 0 Å². The molecule has 1 heteroatoms. The Balaban J connectivity index is 2.32. The minimum absolute atomic E-state index is 0.870. The van der Waals surface area contributed by atoms with Gasteiger partial charge in [0.05, 0.1) is 0 Å². The zero-order chi connectivity index (χ0) is 9.84. The number of rotatable bonds is 3. The summed E-state index contributed by atoms with van der Waals surface area (Å²) in [6, 6.07) is 0. The lowest BCUT2D eigenvalue weighted by molar-refractivity contribution is 0.325. The molecule has 0 aromatic carbocycles. The molecule has 2 unspecified atom stereocenters. The second-order valence-corrected chi connectivity index (χ2v) is 4.95. The number of hydrogen-bond acceptors (Lipinski definition) is 1. The van der Waals surface area contributed by atoms with E-state index in [0.29, 0.717) is 0 Å². The minimum atomic E-state index is 0.870. The second kappa shape index (κ2) is 4.80. The fourth-order valence-corrected chi connectivity index (χ4v) is 2.42. The molecule has 76 valence electrons. The molecule has 2 atom stereocenters. The van der Waals surface area contributed by atoms with Gasteiger partial charge in [0.1, 0.15) is 0 Å². The van der Waals surface area contributed by atoms with E-state index in [9.17, 15) is 0 Å². The molecule has 13 heavy (non-hydrogen) atoms. The average Bonchev–Trinajstić information content (AvgIpc) is 2.33. The number of hydrogen-bond donors (Lipinski definition) is 0. The molecule has 0 amide bonds. The minimum Gasteiger partial charge on any atom is -0.309 e. The normalized spacial score (nSPS) is 28.1. The molecule has 1 aliphatic carbocycles. The van der Waals surface area contributed by atoms with Crippen LogP contribution in [0.25, 0.3) is 0 Å². The van der Waals surface area contributed by atoms with E-state index in [1.54, 1.807) is 0 Å². The monoisotopic (exact) mass is 181 g/mol. The first kappa shape index (κ1) is 10.8. The molecule has 0 aliphatic heterocycles. The summed E-state index contributed by atoms with van der Waals surface area (Å²) in [5.74, 6) is 1.81. The Kier molecular flexibility index (Phi) is 3.98. The molecule has 0 heterocycles. The molecule has 1 fully saturated rings. The van der Waals surface area contributed by atoms with Gasteiger partial charge in [-0.05, 0) is 59.0 Å². The molecular formula is C12H23N. The first-order valence-electron chi connectivity index (χ1n) is 5.37. The molecule has 1 nitrogen and oxygen atoms in total. The third-order valence-corrected chi connectivity index (χ3v) is 2.77. The topological polar surface area (TPSA) is 3.24 Å². The van der Waals surface area contributed by atoms with E-state index < -0.39 is 0 Å². The summed E-state index contributed by atoms with van der Waals surface area (Å²) >= 11 is 0. The standard InChI is InChI=1S/C12H23N/c1-10(2)7-11-5-6-12(8-11)9-13(3)4/h7,11-12H,5-6,8-9H2,1-4H3. The van der Waals surface area contributed by atoms with Crippen LogP contribution in [0.5, 0.6) is 0 Å². The Morgan fingerprint density at radius 3 is 2.54 bits per heavy atom. The molecule has 0 aromatic heterocycles. The van der Waals surface area contributed by atoms with Crippen molar-refractivity contribution < 1.29 is 0 Å². The molecule has 0 N–H and O–H groups in total. The van der Waals surface area contributed by atoms with Gasteiger partial charge < -0.3 is 4.90 Å². The Bertz CT molecular complexity index is 178. The van der Waals surface area contributed by atoms with Gasteiger partial charge in [0.2, 0.25) is 0 Å². The summed E-state index contributed by atoms with van der Waals surface area (Å²) in [7, 11) is 4.35. The van der Waals surface area contributed by atoms with E-state index >= 15 is 0 Å². The second-order valence-electron chi connectivity index (χ2n) is 4.95. The molecule has 0 saturated heterocycles. The molecule has 0 aromatic rings. The van der Waals surface area contributed by atoms with Crippen molar-refractivity contribution in [1.29, 1.82) is 0 Å². The summed E-state index contributed by atoms with van der Waals surface area (Å²) < 4.78 is 0. The average molecular weight is 181 g/mol. The van der Waals surface area contributed by atoms with Crippen molar-refractivity contribution in [2.75, 3.05) is 20.6 Å². The lowest BCUT2D eigenvalue weighted by Crippen LogP contribution is -2.19. The van der Waals surface area contributed by atoms with Crippen LogP contribution in [0, 0.1) is 11.8 Å². The van der Waals surface area contributed by atoms with Crippen LogP contribution in [0.4, 0.5) is 0 Å². The van der Waals surface area contributed by atoms with Crippen LogP contribution in [-0.4, -0.2) is 25.5 Å². The van der Waals surface area contributed by atoms with Crippen molar-refractivity contribution in [2.45, 2.75) is 33.1 Å². The Hall–Kier alpha value is -0.300. The number of nitrogens with zero attached hydrogens (tertiary/aromatic N) is 1. The molecule has 1 rings (SSSR count). The third-order valence-electron chi connectivity index (χ3n) is 2.77. The van der Waals surface area contributed by atoms with Crippen LogP contribution in [0.1, 0.15) is 33.1 Å². The maximum atomic E-state index is 2.45. The lowest BCUT2D eigenvalue weighted by atomic mass is 10.0. The quantitative estimate of drug-likeness (QED) is 0.605. The van der Waals surface area contributed by atoms with E-state index in [0.717, 1.165) is 11.8 Å². The van der Waals surface area contributed by atoms with Gasteiger partial charge in [0.15, 0.2) is 0 Å². The highest BCUT2D eigenvalue weighted by Gasteiger charge is 2.22. The van der Waals surface area contributed by atoms with Crippen LogP contribution in [0.2, 0.25) is 0 Å². The highest BCUT2D eigenvalue weighted by Crippen LogP contribution is 2.32. The van der Waals surface area contributed by atoms with Gasteiger partial charge in [-0.3, -0.25) is 0 Å². The van der Waals surface area contributed by atoms with Gasteiger partial charge in [-0.25, -0.2) is 0 Å². The van der Waals surface area contributed by atoms with Crippen molar-refractivity contribution >= 4 is 0 Å². The van der Waals surface area contributed by atoms with Crippen molar-refractivity contribution in [2.24, 2.45) is 11.8 Å². The molecule has 0 bridgehead atoms.